The minimum absolute atomic E-state index is 0. The van der Waals surface area contributed by atoms with E-state index in [0.717, 1.165) is 61.5 Å². The van der Waals surface area contributed by atoms with E-state index in [9.17, 15) is 0 Å². The van der Waals surface area contributed by atoms with E-state index in [1.807, 2.05) is 92.0 Å². The van der Waals surface area contributed by atoms with Gasteiger partial charge in [0.1, 0.15) is 0 Å². The standard InChI is InChI=1S/C28H23N4O.C11H8N.Ir/c1-17-13-14-21-20-11-8-12-22(24(20)33-27(21)30-17)26-31-25-23(15-18(16-29-25)28(2,3)4)32(26)19-9-6-5-7-10-19;1-2-6-10(7-3-1)11-8-4-5-9-12-11;/h5-11,13-16H,1-4H3;1-6,8-9H;/q2*-1;. The van der Waals surface area contributed by atoms with E-state index in [-0.39, 0.29) is 25.5 Å². The van der Waals surface area contributed by atoms with E-state index >= 15 is 0 Å². The fraction of sp³-hybridized carbons (Fsp3) is 0.128. The van der Waals surface area contributed by atoms with Gasteiger partial charge in [-0.05, 0) is 60.0 Å². The summed E-state index contributed by atoms with van der Waals surface area (Å²) in [5.74, 6) is 0.746. The van der Waals surface area contributed by atoms with Crippen LogP contribution in [-0.2, 0) is 25.5 Å². The molecule has 0 saturated carbocycles. The summed E-state index contributed by atoms with van der Waals surface area (Å²) < 4.78 is 8.42. The molecule has 5 heterocycles. The number of pyridine rings is 3. The molecule has 0 aliphatic carbocycles. The Morgan fingerprint density at radius 2 is 1.57 bits per heavy atom. The van der Waals surface area contributed by atoms with Crippen molar-refractivity contribution >= 4 is 33.2 Å². The maximum Gasteiger partial charge on any atom is 0.216 e. The summed E-state index contributed by atoms with van der Waals surface area (Å²) in [6.45, 7) is 8.54. The number of para-hydroxylation sites is 1. The molecule has 0 atom stereocenters. The van der Waals surface area contributed by atoms with Gasteiger partial charge in [-0.3, -0.25) is 4.98 Å². The quantitative estimate of drug-likeness (QED) is 0.167. The van der Waals surface area contributed by atoms with Gasteiger partial charge in [-0.25, -0.2) is 9.97 Å². The molecule has 0 saturated heterocycles. The summed E-state index contributed by atoms with van der Waals surface area (Å²) in [7, 11) is 0. The van der Waals surface area contributed by atoms with Crippen LogP contribution in [0, 0.1) is 19.1 Å². The van der Waals surface area contributed by atoms with Crippen LogP contribution in [0.5, 0.6) is 0 Å². The fourth-order valence-electron chi connectivity index (χ4n) is 5.33. The van der Waals surface area contributed by atoms with E-state index in [2.05, 4.69) is 71.7 Å². The average Bonchev–Trinajstić information content (AvgIpc) is 3.63. The van der Waals surface area contributed by atoms with Crippen LogP contribution in [0.3, 0.4) is 0 Å². The Bertz CT molecular complexity index is 2220. The van der Waals surface area contributed by atoms with Gasteiger partial charge in [0.05, 0.1) is 16.9 Å². The van der Waals surface area contributed by atoms with Crippen molar-refractivity contribution < 1.29 is 24.5 Å². The fourth-order valence-corrected chi connectivity index (χ4v) is 5.33. The summed E-state index contributed by atoms with van der Waals surface area (Å²) in [5.41, 5.74) is 8.87. The van der Waals surface area contributed by atoms with E-state index < -0.39 is 0 Å². The molecule has 3 aromatic carbocycles. The number of aromatic nitrogens is 5. The first-order valence-corrected chi connectivity index (χ1v) is 14.9. The minimum atomic E-state index is -0.0262. The largest absolute Gasteiger partial charge is 0.486 e. The van der Waals surface area contributed by atoms with Crippen LogP contribution in [0.25, 0.3) is 61.6 Å². The molecule has 0 bridgehead atoms. The van der Waals surface area contributed by atoms with Crippen molar-refractivity contribution in [3.8, 4) is 28.3 Å². The van der Waals surface area contributed by atoms with Gasteiger partial charge >= 0.3 is 0 Å². The number of hydrogen-bond donors (Lipinski definition) is 0. The molecular weight excluding hydrogens is 747 g/mol. The molecule has 8 aromatic rings. The average molecular weight is 778 g/mol. The van der Waals surface area contributed by atoms with Crippen LogP contribution in [0.2, 0.25) is 0 Å². The van der Waals surface area contributed by atoms with Crippen molar-refractivity contribution in [1.29, 1.82) is 0 Å². The molecule has 0 aliphatic heterocycles. The Labute approximate surface area is 281 Å². The zero-order valence-electron chi connectivity index (χ0n) is 25.9. The maximum atomic E-state index is 6.27. The molecule has 0 fully saturated rings. The van der Waals surface area contributed by atoms with Crippen molar-refractivity contribution in [3.63, 3.8) is 0 Å². The van der Waals surface area contributed by atoms with Crippen LogP contribution < -0.4 is 0 Å². The number of aryl methyl sites for hydroxylation is 1. The van der Waals surface area contributed by atoms with Gasteiger partial charge in [-0.2, -0.15) is 0 Å². The summed E-state index contributed by atoms with van der Waals surface area (Å²) in [4.78, 5) is 18.5. The van der Waals surface area contributed by atoms with Gasteiger partial charge < -0.3 is 14.0 Å². The van der Waals surface area contributed by atoms with Gasteiger partial charge in [0, 0.05) is 49.3 Å². The number of hydrogen-bond acceptors (Lipinski definition) is 5. The van der Waals surface area contributed by atoms with Crippen molar-refractivity contribution in [2.75, 3.05) is 0 Å². The van der Waals surface area contributed by atoms with E-state index in [4.69, 9.17) is 14.4 Å². The zero-order valence-corrected chi connectivity index (χ0v) is 28.3. The summed E-state index contributed by atoms with van der Waals surface area (Å²) in [6.07, 6.45) is 3.71. The smallest absolute Gasteiger partial charge is 0.216 e. The number of rotatable bonds is 3. The Hall–Kier alpha value is -4.97. The normalized spacial score (nSPS) is 11.3. The summed E-state index contributed by atoms with van der Waals surface area (Å²) in [5, 5.41) is 1.99. The molecule has 5 aromatic heterocycles. The monoisotopic (exact) mass is 778 g/mol. The number of fused-ring (bicyclic) bond motifs is 4. The first-order valence-electron chi connectivity index (χ1n) is 14.9. The third-order valence-electron chi connectivity index (χ3n) is 7.70. The second kappa shape index (κ2) is 12.8. The second-order valence-corrected chi connectivity index (χ2v) is 11.9. The predicted molar refractivity (Wildman–Crippen MR) is 180 cm³/mol. The van der Waals surface area contributed by atoms with E-state index in [1.54, 1.807) is 6.20 Å². The number of nitrogens with zero attached hydrogens (tertiary/aromatic N) is 5. The summed E-state index contributed by atoms with van der Waals surface area (Å²) in [6, 6.07) is 40.6. The van der Waals surface area contributed by atoms with Gasteiger partial charge in [-0.15, -0.1) is 54.1 Å². The molecule has 0 amide bonds. The topological polar surface area (TPSA) is 69.6 Å². The number of imidazole rings is 1. The second-order valence-electron chi connectivity index (χ2n) is 11.9. The van der Waals surface area contributed by atoms with Crippen molar-refractivity contribution in [2.24, 2.45) is 0 Å². The van der Waals surface area contributed by atoms with Crippen molar-refractivity contribution in [2.45, 2.75) is 33.1 Å². The van der Waals surface area contributed by atoms with E-state index in [0.29, 0.717) is 11.4 Å². The van der Waals surface area contributed by atoms with Crippen LogP contribution >= 0.6 is 0 Å². The zero-order chi connectivity index (χ0) is 31.0. The Morgan fingerprint density at radius 3 is 2.30 bits per heavy atom. The van der Waals surface area contributed by atoms with Crippen LogP contribution in [-0.4, -0.2) is 24.5 Å². The first-order chi connectivity index (χ1) is 21.9. The molecule has 229 valence electrons. The molecule has 46 heavy (non-hydrogen) atoms. The van der Waals surface area contributed by atoms with Gasteiger partial charge in [-0.1, -0.05) is 62.1 Å². The molecule has 0 N–H and O–H groups in total. The molecule has 8 rings (SSSR count). The molecule has 1 radical (unpaired) electrons. The Kier molecular flexibility index (Phi) is 8.63. The molecule has 6 nitrogen and oxygen atoms in total. The van der Waals surface area contributed by atoms with Crippen LogP contribution in [0.15, 0.2) is 120 Å². The Balaban J connectivity index is 0.000000241. The first kappa shape index (κ1) is 31.0. The SMILES string of the molecule is Cc1ccc2c(n1)oc1c(-c3nc4ncc(C(C)(C)C)cc4n3-c3ccccc3)[c-]ccc12.[Ir].[c-]1ccccc1-c1ccccn1. The molecule has 0 aliphatic rings. The molecular formula is C39H31IrN5O-2. The molecule has 0 spiro atoms. The van der Waals surface area contributed by atoms with Gasteiger partial charge in [0.2, 0.25) is 5.71 Å². The summed E-state index contributed by atoms with van der Waals surface area (Å²) >= 11 is 0. The number of furan rings is 1. The van der Waals surface area contributed by atoms with Gasteiger partial charge in [0.25, 0.3) is 0 Å². The van der Waals surface area contributed by atoms with Crippen LogP contribution in [0.1, 0.15) is 32.0 Å². The van der Waals surface area contributed by atoms with Crippen LogP contribution in [0.4, 0.5) is 0 Å². The predicted octanol–water partition coefficient (Wildman–Crippen LogP) is 9.33. The van der Waals surface area contributed by atoms with E-state index in [1.165, 1.54) is 0 Å². The third kappa shape index (κ3) is 6.00. The van der Waals surface area contributed by atoms with Gasteiger partial charge in [0.15, 0.2) is 5.65 Å². The minimum Gasteiger partial charge on any atom is -0.486 e. The third-order valence-corrected chi connectivity index (χ3v) is 7.70. The number of benzene rings is 3. The molecule has 0 unspecified atom stereocenters. The molecule has 7 heteroatoms. The van der Waals surface area contributed by atoms with Crippen molar-refractivity contribution in [1.82, 2.24) is 24.5 Å². The van der Waals surface area contributed by atoms with Crippen molar-refractivity contribution in [3.05, 3.63) is 139 Å². The Morgan fingerprint density at radius 1 is 0.761 bits per heavy atom. The maximum absolute atomic E-state index is 6.27.